The second-order valence-electron chi connectivity index (χ2n) is 8.16. The molecule has 0 aliphatic carbocycles. The van der Waals surface area contributed by atoms with Gasteiger partial charge in [-0.3, -0.25) is 5.43 Å². The van der Waals surface area contributed by atoms with Gasteiger partial charge in [0.05, 0.1) is 16.8 Å². The van der Waals surface area contributed by atoms with Crippen LogP contribution in [0.1, 0.15) is 38.7 Å². The molecule has 1 fully saturated rings. The monoisotopic (exact) mass is 497 g/mol. The lowest BCUT2D eigenvalue weighted by atomic mass is 10.2. The highest BCUT2D eigenvalue weighted by atomic mass is 32.2. The molecule has 0 atom stereocenters. The van der Waals surface area contributed by atoms with Crippen molar-refractivity contribution in [1.82, 2.24) is 9.29 Å². The number of nitrogens with zero attached hydrogens (tertiary/aromatic N) is 4. The molecule has 9 heteroatoms. The third-order valence-corrected chi connectivity index (χ3v) is 8.66. The first-order chi connectivity index (χ1) is 16.5. The van der Waals surface area contributed by atoms with E-state index >= 15 is 0 Å². The summed E-state index contributed by atoms with van der Waals surface area (Å²) in [5, 5.41) is 6.92. The van der Waals surface area contributed by atoms with Crippen LogP contribution in [-0.4, -0.2) is 50.1 Å². The lowest BCUT2D eigenvalue weighted by Gasteiger charge is -2.25. The molecule has 7 nitrogen and oxygen atoms in total. The van der Waals surface area contributed by atoms with Crippen molar-refractivity contribution < 1.29 is 8.42 Å². The number of benzene rings is 2. The summed E-state index contributed by atoms with van der Waals surface area (Å²) in [7, 11) is -3.42. The van der Waals surface area contributed by atoms with Gasteiger partial charge in [0.1, 0.15) is 0 Å². The molecular formula is C25H31N5O2S2. The van der Waals surface area contributed by atoms with Crippen LogP contribution in [0.4, 0.5) is 10.8 Å². The Morgan fingerprint density at radius 2 is 1.71 bits per heavy atom. The molecule has 0 radical (unpaired) electrons. The minimum absolute atomic E-state index is 0.336. The van der Waals surface area contributed by atoms with Crippen LogP contribution < -0.4 is 10.3 Å². The van der Waals surface area contributed by atoms with E-state index in [1.165, 1.54) is 17.0 Å². The highest BCUT2D eigenvalue weighted by Gasteiger charge is 2.25. The lowest BCUT2D eigenvalue weighted by molar-refractivity contribution is 0.346. The van der Waals surface area contributed by atoms with Crippen LogP contribution in [-0.2, 0) is 10.0 Å². The highest BCUT2D eigenvalue weighted by molar-refractivity contribution is 7.89. The maximum absolute atomic E-state index is 12.8. The van der Waals surface area contributed by atoms with Crippen molar-refractivity contribution in [2.75, 3.05) is 36.5 Å². The molecule has 2 aromatic carbocycles. The van der Waals surface area contributed by atoms with Crippen molar-refractivity contribution in [2.24, 2.45) is 5.10 Å². The van der Waals surface area contributed by atoms with E-state index in [0.29, 0.717) is 23.1 Å². The van der Waals surface area contributed by atoms with Crippen LogP contribution in [0.15, 0.2) is 63.9 Å². The second-order valence-corrected chi connectivity index (χ2v) is 11.0. The predicted molar refractivity (Wildman–Crippen MR) is 141 cm³/mol. The van der Waals surface area contributed by atoms with Gasteiger partial charge >= 0.3 is 0 Å². The zero-order valence-electron chi connectivity index (χ0n) is 19.6. The predicted octanol–water partition coefficient (Wildman–Crippen LogP) is 5.28. The molecule has 0 saturated carbocycles. The topological polar surface area (TPSA) is 77.9 Å². The van der Waals surface area contributed by atoms with Gasteiger partial charge in [-0.2, -0.15) is 9.41 Å². The number of hydrogen-bond donors (Lipinski definition) is 1. The molecule has 0 amide bonds. The Labute approximate surface area is 206 Å². The number of hydrazone groups is 1. The summed E-state index contributed by atoms with van der Waals surface area (Å²) in [5.74, 6) is 0. The van der Waals surface area contributed by atoms with E-state index < -0.39 is 10.0 Å². The smallest absolute Gasteiger partial charge is 0.243 e. The van der Waals surface area contributed by atoms with Crippen LogP contribution in [0.25, 0.3) is 11.3 Å². The second kappa shape index (κ2) is 11.1. The standard InChI is InChI=1S/C25H31N5O2S2/c1-3-29(4-2)22-12-8-20(9-13-22)18-26-28-25-27-24(19-33-25)21-10-14-23(15-11-21)34(31,32)30-16-6-5-7-17-30/h8-15,18-19H,3-7,16-17H2,1-2H3,(H,27,28)/b26-18+. The molecule has 34 heavy (non-hydrogen) atoms. The summed E-state index contributed by atoms with van der Waals surface area (Å²) in [4.78, 5) is 7.21. The van der Waals surface area contributed by atoms with Gasteiger partial charge in [-0.25, -0.2) is 13.4 Å². The number of nitrogens with one attached hydrogen (secondary N) is 1. The number of hydrogen-bond acceptors (Lipinski definition) is 7. The fraction of sp³-hybridized carbons (Fsp3) is 0.360. The molecule has 4 rings (SSSR count). The van der Waals surface area contributed by atoms with Crippen LogP contribution in [0.3, 0.4) is 0 Å². The number of anilines is 2. The molecule has 0 unspecified atom stereocenters. The number of rotatable bonds is 9. The fourth-order valence-electron chi connectivity index (χ4n) is 4.03. The maximum atomic E-state index is 12.8. The first-order valence-corrected chi connectivity index (χ1v) is 14.0. The van der Waals surface area contributed by atoms with E-state index in [-0.39, 0.29) is 0 Å². The molecule has 2 heterocycles. The summed E-state index contributed by atoms with van der Waals surface area (Å²) in [5.41, 5.74) is 6.85. The first kappa shape index (κ1) is 24.4. The number of thiazole rings is 1. The van der Waals surface area contributed by atoms with Gasteiger partial charge < -0.3 is 4.90 Å². The summed E-state index contributed by atoms with van der Waals surface area (Å²) in [6.07, 6.45) is 4.72. The van der Waals surface area contributed by atoms with Crippen molar-refractivity contribution in [3.05, 3.63) is 59.5 Å². The van der Waals surface area contributed by atoms with E-state index in [9.17, 15) is 8.42 Å². The van der Waals surface area contributed by atoms with Crippen molar-refractivity contribution in [3.63, 3.8) is 0 Å². The van der Waals surface area contributed by atoms with Crippen molar-refractivity contribution >= 4 is 38.4 Å². The molecule has 1 aromatic heterocycles. The van der Waals surface area contributed by atoms with Crippen molar-refractivity contribution in [1.29, 1.82) is 0 Å². The van der Waals surface area contributed by atoms with E-state index in [1.807, 2.05) is 29.6 Å². The Kier molecular flexibility index (Phi) is 7.97. The fourth-order valence-corrected chi connectivity index (χ4v) is 6.22. The van der Waals surface area contributed by atoms with Gasteiger partial charge in [-0.05, 0) is 56.5 Å². The number of sulfonamides is 1. The van der Waals surface area contributed by atoms with E-state index in [0.717, 1.165) is 49.2 Å². The van der Waals surface area contributed by atoms with E-state index in [1.54, 1.807) is 22.7 Å². The average Bonchev–Trinajstić information content (AvgIpc) is 3.35. The normalized spacial score (nSPS) is 15.0. The third-order valence-electron chi connectivity index (χ3n) is 6.00. The molecule has 1 N–H and O–H groups in total. The Morgan fingerprint density at radius 3 is 2.35 bits per heavy atom. The molecule has 0 spiro atoms. The quantitative estimate of drug-likeness (QED) is 0.322. The molecule has 1 aliphatic heterocycles. The van der Waals surface area contributed by atoms with Gasteiger partial charge in [0, 0.05) is 42.8 Å². The van der Waals surface area contributed by atoms with E-state index in [2.05, 4.69) is 46.4 Å². The van der Waals surface area contributed by atoms with Gasteiger partial charge in [0.2, 0.25) is 15.2 Å². The molecule has 1 aliphatic rings. The Morgan fingerprint density at radius 1 is 1.03 bits per heavy atom. The Bertz CT molecular complexity index is 1190. The maximum Gasteiger partial charge on any atom is 0.243 e. The molecular weight excluding hydrogens is 466 g/mol. The van der Waals surface area contributed by atoms with Gasteiger partial charge in [-0.1, -0.05) is 30.7 Å². The minimum Gasteiger partial charge on any atom is -0.372 e. The van der Waals surface area contributed by atoms with Gasteiger partial charge in [0.15, 0.2) is 0 Å². The number of aromatic nitrogens is 1. The highest BCUT2D eigenvalue weighted by Crippen LogP contribution is 2.27. The summed E-state index contributed by atoms with van der Waals surface area (Å²) in [6.45, 7) is 7.47. The zero-order chi connectivity index (χ0) is 24.0. The average molecular weight is 498 g/mol. The van der Waals surface area contributed by atoms with Crippen molar-refractivity contribution in [3.8, 4) is 11.3 Å². The molecule has 0 bridgehead atoms. The van der Waals surface area contributed by atoms with Crippen molar-refractivity contribution in [2.45, 2.75) is 38.0 Å². The van der Waals surface area contributed by atoms with E-state index in [4.69, 9.17) is 0 Å². The van der Waals surface area contributed by atoms with Gasteiger partial charge in [-0.15, -0.1) is 11.3 Å². The summed E-state index contributed by atoms with van der Waals surface area (Å²) >= 11 is 1.46. The third kappa shape index (κ3) is 5.65. The first-order valence-electron chi connectivity index (χ1n) is 11.7. The number of piperidine rings is 1. The molecule has 1 saturated heterocycles. The largest absolute Gasteiger partial charge is 0.372 e. The van der Waals surface area contributed by atoms with Gasteiger partial charge in [0.25, 0.3) is 0 Å². The lowest BCUT2D eigenvalue weighted by Crippen LogP contribution is -2.35. The molecule has 3 aromatic rings. The summed E-state index contributed by atoms with van der Waals surface area (Å²) < 4.78 is 27.3. The van der Waals surface area contributed by atoms with Crippen LogP contribution in [0, 0.1) is 0 Å². The molecule has 180 valence electrons. The summed E-state index contributed by atoms with van der Waals surface area (Å²) in [6, 6.07) is 15.3. The van der Waals surface area contributed by atoms with Crippen LogP contribution in [0.5, 0.6) is 0 Å². The Balaban J connectivity index is 1.37. The van der Waals surface area contributed by atoms with Crippen LogP contribution >= 0.6 is 11.3 Å². The minimum atomic E-state index is -3.42. The van der Waals surface area contributed by atoms with Crippen LogP contribution in [0.2, 0.25) is 0 Å². The Hall–Kier alpha value is -2.75. The zero-order valence-corrected chi connectivity index (χ0v) is 21.3. The SMILES string of the molecule is CCN(CC)c1ccc(/C=N/Nc2nc(-c3ccc(S(=O)(=O)N4CCCCC4)cc3)cs2)cc1.